The topological polar surface area (TPSA) is 78.9 Å². The molecule has 0 N–H and O–H groups in total. The summed E-state index contributed by atoms with van der Waals surface area (Å²) < 4.78 is 17.0. The summed E-state index contributed by atoms with van der Waals surface area (Å²) in [5.74, 6) is -0.869. The fourth-order valence-corrected chi connectivity index (χ4v) is 10.7. The Labute approximate surface area is 498 Å². The van der Waals surface area contributed by atoms with E-state index in [2.05, 4.69) is 69.4 Å². The molecule has 0 saturated carbocycles. The largest absolute Gasteiger partial charge is 0.462 e. The summed E-state index contributed by atoms with van der Waals surface area (Å²) in [6.07, 6.45) is 87.2. The van der Waals surface area contributed by atoms with E-state index in [1.54, 1.807) is 0 Å². The number of unbranched alkanes of at least 4 members (excludes halogenated alkanes) is 47. The number of carbonyl (C=O) groups excluding carboxylic acids is 3. The van der Waals surface area contributed by atoms with Crippen molar-refractivity contribution in [2.24, 2.45) is 0 Å². The van der Waals surface area contributed by atoms with Gasteiger partial charge in [-0.15, -0.1) is 0 Å². The third-order valence-electron chi connectivity index (χ3n) is 16.1. The van der Waals surface area contributed by atoms with Crippen LogP contribution in [0.25, 0.3) is 0 Å². The van der Waals surface area contributed by atoms with Gasteiger partial charge in [0.05, 0.1) is 0 Å². The molecule has 1 unspecified atom stereocenters. The standard InChI is InChI=1S/C74H136O6/c1-4-7-10-13-16-19-22-25-28-30-32-33-34-35-36-37-38-39-40-42-43-46-49-52-55-58-61-64-67-73(76)79-70-71(69-78-72(75)66-63-60-57-54-51-48-45-27-24-21-18-15-12-9-6-3)80-74(77)68-65-62-59-56-53-50-47-44-41-31-29-26-23-20-17-14-11-8-5-2/h17-18,20-21,26-27,29,45,71H,4-16,19,22-25,28,30-44,46-70H2,1-3H3/b20-17-,21-18-,29-26-,45-27-. The van der Waals surface area contributed by atoms with Gasteiger partial charge < -0.3 is 14.2 Å². The normalized spacial score (nSPS) is 12.3. The highest BCUT2D eigenvalue weighted by molar-refractivity contribution is 5.71. The number of ether oxygens (including phenoxy) is 3. The van der Waals surface area contributed by atoms with Crippen LogP contribution in [0, 0.1) is 0 Å². The molecule has 6 heteroatoms. The van der Waals surface area contributed by atoms with Crippen LogP contribution in [0.4, 0.5) is 0 Å². The van der Waals surface area contributed by atoms with Crippen LogP contribution in [0.15, 0.2) is 48.6 Å². The van der Waals surface area contributed by atoms with Crippen LogP contribution < -0.4 is 0 Å². The third-order valence-corrected chi connectivity index (χ3v) is 16.1. The summed E-state index contributed by atoms with van der Waals surface area (Å²) in [5.41, 5.74) is 0. The molecule has 0 fully saturated rings. The Balaban J connectivity index is 4.23. The number of rotatable bonds is 66. The van der Waals surface area contributed by atoms with E-state index in [1.165, 1.54) is 263 Å². The summed E-state index contributed by atoms with van der Waals surface area (Å²) in [5, 5.41) is 0. The van der Waals surface area contributed by atoms with Crippen LogP contribution >= 0.6 is 0 Å². The summed E-state index contributed by atoms with van der Waals surface area (Å²) in [6, 6.07) is 0. The molecule has 0 rings (SSSR count). The van der Waals surface area contributed by atoms with Crippen molar-refractivity contribution >= 4 is 17.9 Å². The van der Waals surface area contributed by atoms with Crippen LogP contribution in [0.5, 0.6) is 0 Å². The zero-order chi connectivity index (χ0) is 57.8. The van der Waals surface area contributed by atoms with Gasteiger partial charge in [-0.1, -0.05) is 333 Å². The summed E-state index contributed by atoms with van der Waals surface area (Å²) >= 11 is 0. The molecule has 0 aromatic carbocycles. The van der Waals surface area contributed by atoms with Gasteiger partial charge in [0, 0.05) is 19.3 Å². The second kappa shape index (κ2) is 68.9. The first kappa shape index (κ1) is 77.4. The molecule has 0 spiro atoms. The Morgan fingerprint density at radius 3 is 0.713 bits per heavy atom. The molecule has 0 radical (unpaired) electrons. The van der Waals surface area contributed by atoms with E-state index in [0.717, 1.165) is 83.5 Å². The van der Waals surface area contributed by atoms with E-state index in [9.17, 15) is 14.4 Å². The molecular formula is C74H136O6. The quantitative estimate of drug-likeness (QED) is 0.0261. The monoisotopic (exact) mass is 1120 g/mol. The van der Waals surface area contributed by atoms with Gasteiger partial charge in [0.15, 0.2) is 6.10 Å². The SMILES string of the molecule is CCCCC/C=C\C/C=C\CCCCCCCCCCCC(=O)OC(COC(=O)CCCCCCC/C=C\C/C=C\CCCCC)COC(=O)CCCCCCCCCCCCCCCCCCCCCCCCCCCCCC. The Morgan fingerprint density at radius 2 is 0.450 bits per heavy atom. The zero-order valence-electron chi connectivity index (χ0n) is 53.9. The number of allylic oxidation sites excluding steroid dienone is 8. The minimum absolute atomic E-state index is 0.0755. The molecule has 0 aromatic heterocycles. The van der Waals surface area contributed by atoms with Crippen LogP contribution in [-0.4, -0.2) is 37.2 Å². The molecular weight excluding hydrogens is 985 g/mol. The van der Waals surface area contributed by atoms with Crippen LogP contribution in [0.2, 0.25) is 0 Å². The smallest absolute Gasteiger partial charge is 0.306 e. The van der Waals surface area contributed by atoms with Crippen LogP contribution in [0.3, 0.4) is 0 Å². The van der Waals surface area contributed by atoms with E-state index in [0.29, 0.717) is 19.3 Å². The van der Waals surface area contributed by atoms with E-state index in [-0.39, 0.29) is 31.1 Å². The lowest BCUT2D eigenvalue weighted by Crippen LogP contribution is -2.30. The molecule has 80 heavy (non-hydrogen) atoms. The van der Waals surface area contributed by atoms with Crippen molar-refractivity contribution in [2.45, 2.75) is 393 Å². The number of carbonyl (C=O) groups is 3. The van der Waals surface area contributed by atoms with Crippen molar-refractivity contribution in [1.29, 1.82) is 0 Å². The van der Waals surface area contributed by atoms with Crippen molar-refractivity contribution in [3.63, 3.8) is 0 Å². The maximum Gasteiger partial charge on any atom is 0.306 e. The highest BCUT2D eigenvalue weighted by Gasteiger charge is 2.19. The number of esters is 3. The molecule has 0 aromatic rings. The Kier molecular flexibility index (Phi) is 66.6. The van der Waals surface area contributed by atoms with Crippen molar-refractivity contribution in [3.05, 3.63) is 48.6 Å². The lowest BCUT2D eigenvalue weighted by Gasteiger charge is -2.18. The molecule has 0 bridgehead atoms. The minimum Gasteiger partial charge on any atom is -0.462 e. The van der Waals surface area contributed by atoms with Crippen LogP contribution in [0.1, 0.15) is 387 Å². The van der Waals surface area contributed by atoms with Crippen molar-refractivity contribution in [1.82, 2.24) is 0 Å². The summed E-state index contributed by atoms with van der Waals surface area (Å²) in [4.78, 5) is 38.4. The van der Waals surface area contributed by atoms with Crippen molar-refractivity contribution in [2.75, 3.05) is 13.2 Å². The third kappa shape index (κ3) is 66.2. The Hall–Kier alpha value is -2.63. The van der Waals surface area contributed by atoms with Gasteiger partial charge in [-0.05, 0) is 83.5 Å². The van der Waals surface area contributed by atoms with Gasteiger partial charge in [0.25, 0.3) is 0 Å². The molecule has 6 nitrogen and oxygen atoms in total. The van der Waals surface area contributed by atoms with Gasteiger partial charge in [0.2, 0.25) is 0 Å². The van der Waals surface area contributed by atoms with Gasteiger partial charge in [-0.2, -0.15) is 0 Å². The second-order valence-corrected chi connectivity index (χ2v) is 24.1. The Morgan fingerprint density at radius 1 is 0.250 bits per heavy atom. The lowest BCUT2D eigenvalue weighted by atomic mass is 10.0. The van der Waals surface area contributed by atoms with Crippen molar-refractivity contribution in [3.8, 4) is 0 Å². The first-order valence-electron chi connectivity index (χ1n) is 35.6. The highest BCUT2D eigenvalue weighted by atomic mass is 16.6. The lowest BCUT2D eigenvalue weighted by molar-refractivity contribution is -0.167. The average Bonchev–Trinajstić information content (AvgIpc) is 3.46. The van der Waals surface area contributed by atoms with Gasteiger partial charge in [-0.25, -0.2) is 0 Å². The maximum absolute atomic E-state index is 12.9. The summed E-state index contributed by atoms with van der Waals surface area (Å²) in [6.45, 7) is 6.64. The fraction of sp³-hybridized carbons (Fsp3) is 0.851. The molecule has 0 aliphatic carbocycles. The molecule has 1 atom stereocenters. The van der Waals surface area contributed by atoms with Gasteiger partial charge in [-0.3, -0.25) is 14.4 Å². The minimum atomic E-state index is -0.781. The number of hydrogen-bond donors (Lipinski definition) is 0. The average molecular weight is 1120 g/mol. The zero-order valence-corrected chi connectivity index (χ0v) is 53.9. The highest BCUT2D eigenvalue weighted by Crippen LogP contribution is 2.18. The second-order valence-electron chi connectivity index (χ2n) is 24.1. The van der Waals surface area contributed by atoms with E-state index in [1.807, 2.05) is 0 Å². The maximum atomic E-state index is 12.9. The van der Waals surface area contributed by atoms with Gasteiger partial charge >= 0.3 is 17.9 Å². The van der Waals surface area contributed by atoms with Crippen molar-refractivity contribution < 1.29 is 28.6 Å². The molecule has 0 aliphatic heterocycles. The fourth-order valence-electron chi connectivity index (χ4n) is 10.7. The van der Waals surface area contributed by atoms with E-state index < -0.39 is 6.10 Å². The van der Waals surface area contributed by atoms with Gasteiger partial charge in [0.1, 0.15) is 13.2 Å². The summed E-state index contributed by atoms with van der Waals surface area (Å²) in [7, 11) is 0. The van der Waals surface area contributed by atoms with E-state index >= 15 is 0 Å². The Bertz CT molecular complexity index is 1380. The molecule has 0 saturated heterocycles. The first-order chi connectivity index (χ1) is 39.5. The van der Waals surface area contributed by atoms with Crippen LogP contribution in [-0.2, 0) is 28.6 Å². The van der Waals surface area contributed by atoms with E-state index in [4.69, 9.17) is 14.2 Å². The molecule has 468 valence electrons. The molecule has 0 aliphatic rings. The molecule has 0 amide bonds. The predicted octanol–water partition coefficient (Wildman–Crippen LogP) is 24.5. The number of hydrogen-bond acceptors (Lipinski definition) is 6. The molecule has 0 heterocycles. The predicted molar refractivity (Wildman–Crippen MR) is 349 cm³/mol. The first-order valence-corrected chi connectivity index (χ1v) is 35.6.